The molecule has 13 nitrogen and oxygen atoms in total. The lowest BCUT2D eigenvalue weighted by Gasteiger charge is -2.27. The fourth-order valence-corrected chi connectivity index (χ4v) is 4.94. The van der Waals surface area contributed by atoms with Gasteiger partial charge < -0.3 is 30.7 Å². The SMILES string of the molecule is CC(C)C[C@H]1NC(=O)[C@H]([C@@H](C)O)NC(=O)c2ccc(c(Cl)c2)OCCCn2cc(nn2)CCN(C(=O)C(C)C)CCNC1=O. The molecule has 14 heteroatoms. The topological polar surface area (TPSA) is 168 Å². The van der Waals surface area contributed by atoms with Gasteiger partial charge in [-0.1, -0.05) is 44.5 Å². The van der Waals surface area contributed by atoms with Gasteiger partial charge in [0.1, 0.15) is 17.8 Å². The maximum Gasteiger partial charge on any atom is 0.252 e. The molecule has 2 aliphatic rings. The summed E-state index contributed by atoms with van der Waals surface area (Å²) in [6.45, 7) is 10.6. The lowest BCUT2D eigenvalue weighted by Crippen LogP contribution is -2.57. The Morgan fingerprint density at radius 1 is 1.09 bits per heavy atom. The molecule has 3 heterocycles. The van der Waals surface area contributed by atoms with Crippen LogP contribution in [-0.2, 0) is 27.3 Å². The van der Waals surface area contributed by atoms with E-state index in [1.54, 1.807) is 15.6 Å². The number of aliphatic hydroxyl groups is 1. The number of benzene rings is 1. The molecule has 4 N–H and O–H groups in total. The molecule has 2 aliphatic heterocycles. The van der Waals surface area contributed by atoms with Gasteiger partial charge in [0.25, 0.3) is 5.91 Å². The fraction of sp³-hybridized carbons (Fsp3) is 0.600. The summed E-state index contributed by atoms with van der Waals surface area (Å²) in [7, 11) is 0. The molecule has 0 fully saturated rings. The molecular weight excluding hydrogens is 590 g/mol. The number of ether oxygens (including phenoxy) is 1. The molecule has 1 aromatic carbocycles. The van der Waals surface area contributed by atoms with E-state index < -0.39 is 35.9 Å². The Morgan fingerprint density at radius 3 is 2.50 bits per heavy atom. The van der Waals surface area contributed by atoms with E-state index in [1.807, 2.05) is 33.9 Å². The van der Waals surface area contributed by atoms with E-state index in [4.69, 9.17) is 16.3 Å². The summed E-state index contributed by atoms with van der Waals surface area (Å²) in [5, 5.41) is 27.0. The van der Waals surface area contributed by atoms with Crippen LogP contribution < -0.4 is 20.7 Å². The summed E-state index contributed by atoms with van der Waals surface area (Å²) < 4.78 is 7.50. The van der Waals surface area contributed by atoms with Crippen LogP contribution in [0.25, 0.3) is 0 Å². The second kappa shape index (κ2) is 16.4. The highest BCUT2D eigenvalue weighted by atomic mass is 35.5. The van der Waals surface area contributed by atoms with E-state index in [-0.39, 0.29) is 41.4 Å². The number of aromatic nitrogens is 3. The molecule has 3 atom stereocenters. The first-order valence-electron chi connectivity index (χ1n) is 15.0. The number of carbonyl (C=O) groups is 4. The predicted octanol–water partition coefficient (Wildman–Crippen LogP) is 1.57. The molecule has 0 saturated heterocycles. The third kappa shape index (κ3) is 10.2. The number of nitrogens with one attached hydrogen (secondary N) is 3. The first kappa shape index (κ1) is 34.8. The summed E-state index contributed by atoms with van der Waals surface area (Å²) in [5.74, 6) is -1.63. The van der Waals surface area contributed by atoms with Crippen LogP contribution in [0, 0.1) is 11.8 Å². The Balaban J connectivity index is 1.86. The molecule has 44 heavy (non-hydrogen) atoms. The van der Waals surface area contributed by atoms with Crippen LogP contribution in [0.1, 0.15) is 63.5 Å². The van der Waals surface area contributed by atoms with E-state index in [1.165, 1.54) is 19.1 Å². The number of halogens is 1. The van der Waals surface area contributed by atoms with Crippen molar-refractivity contribution in [2.24, 2.45) is 11.8 Å². The van der Waals surface area contributed by atoms with Crippen LogP contribution in [0.15, 0.2) is 24.4 Å². The van der Waals surface area contributed by atoms with Gasteiger partial charge in [-0.25, -0.2) is 0 Å². The minimum absolute atomic E-state index is 0.0489. The van der Waals surface area contributed by atoms with Crippen LogP contribution in [-0.4, -0.2) is 93.1 Å². The van der Waals surface area contributed by atoms with E-state index in [0.29, 0.717) is 44.7 Å². The molecule has 0 saturated carbocycles. The van der Waals surface area contributed by atoms with Gasteiger partial charge in [0.2, 0.25) is 17.7 Å². The molecule has 0 aliphatic carbocycles. The van der Waals surface area contributed by atoms with Crippen LogP contribution in [0.4, 0.5) is 0 Å². The minimum Gasteiger partial charge on any atom is -0.492 e. The van der Waals surface area contributed by atoms with E-state index in [9.17, 15) is 24.3 Å². The molecule has 1 aromatic heterocycles. The van der Waals surface area contributed by atoms with Crippen LogP contribution in [0.5, 0.6) is 5.75 Å². The average Bonchev–Trinajstić information content (AvgIpc) is 3.42. The lowest BCUT2D eigenvalue weighted by molar-refractivity contribution is -0.135. The predicted molar refractivity (Wildman–Crippen MR) is 164 cm³/mol. The van der Waals surface area contributed by atoms with Crippen LogP contribution in [0.3, 0.4) is 0 Å². The Bertz CT molecular complexity index is 1300. The third-order valence-electron chi connectivity index (χ3n) is 7.09. The van der Waals surface area contributed by atoms with Gasteiger partial charge in [-0.15, -0.1) is 5.10 Å². The molecule has 242 valence electrons. The summed E-state index contributed by atoms with van der Waals surface area (Å²) in [6.07, 6.45) is 2.00. The number of aliphatic hydroxyl groups excluding tert-OH is 1. The first-order valence-corrected chi connectivity index (χ1v) is 15.4. The van der Waals surface area contributed by atoms with E-state index >= 15 is 0 Å². The smallest absolute Gasteiger partial charge is 0.252 e. The Morgan fingerprint density at radius 2 is 1.84 bits per heavy atom. The standard InChI is InChI=1S/C30H44ClN7O6/c1-18(2)15-24-28(41)32-10-13-37(30(43)19(3)4)12-9-22-17-38(36-35-22)11-6-14-44-25-8-7-21(16-23(25)31)27(40)34-26(20(5)39)29(42)33-24/h7-8,16-20,24,26,39H,6,9-15H2,1-5H3,(H,32,41)(H,33,42)(H,34,40)/t20-,24-,26+/m1/s1. The molecule has 2 aromatic rings. The zero-order valence-corrected chi connectivity index (χ0v) is 26.8. The van der Waals surface area contributed by atoms with Gasteiger partial charge in [-0.05, 0) is 37.5 Å². The maximum absolute atomic E-state index is 13.3. The van der Waals surface area contributed by atoms with Crippen molar-refractivity contribution in [3.8, 4) is 5.75 Å². The van der Waals surface area contributed by atoms with Crippen LogP contribution >= 0.6 is 11.6 Å². The van der Waals surface area contributed by atoms with Gasteiger partial charge in [0, 0.05) is 56.7 Å². The number of hydrogen-bond donors (Lipinski definition) is 4. The summed E-state index contributed by atoms with van der Waals surface area (Å²) >= 11 is 6.38. The van der Waals surface area contributed by atoms with Crippen molar-refractivity contribution < 1.29 is 29.0 Å². The van der Waals surface area contributed by atoms with Gasteiger partial charge in [0.15, 0.2) is 0 Å². The van der Waals surface area contributed by atoms with Gasteiger partial charge >= 0.3 is 0 Å². The molecule has 4 rings (SSSR count). The summed E-state index contributed by atoms with van der Waals surface area (Å²) in [4.78, 5) is 54.1. The average molecular weight is 634 g/mol. The molecule has 0 spiro atoms. The number of amides is 4. The van der Waals surface area contributed by atoms with Crippen molar-refractivity contribution in [3.63, 3.8) is 0 Å². The first-order chi connectivity index (χ1) is 20.8. The largest absolute Gasteiger partial charge is 0.492 e. The Hall–Kier alpha value is -3.71. The minimum atomic E-state index is -1.33. The van der Waals surface area contributed by atoms with Gasteiger partial charge in [-0.3, -0.25) is 23.9 Å². The second-order valence-electron chi connectivity index (χ2n) is 11.7. The van der Waals surface area contributed by atoms with E-state index in [2.05, 4.69) is 26.3 Å². The molecule has 4 bridgehead atoms. The normalized spacial score (nSPS) is 20.4. The zero-order valence-electron chi connectivity index (χ0n) is 26.0. The van der Waals surface area contributed by atoms with Crippen molar-refractivity contribution in [3.05, 3.63) is 40.7 Å². The number of rotatable bonds is 4. The maximum atomic E-state index is 13.3. The second-order valence-corrected chi connectivity index (χ2v) is 12.1. The third-order valence-corrected chi connectivity index (χ3v) is 7.38. The quantitative estimate of drug-likeness (QED) is 0.368. The molecule has 0 unspecified atom stereocenters. The van der Waals surface area contributed by atoms with Crippen molar-refractivity contribution in [1.29, 1.82) is 0 Å². The lowest BCUT2D eigenvalue weighted by atomic mass is 10.0. The molecule has 4 amide bonds. The summed E-state index contributed by atoms with van der Waals surface area (Å²) in [5.41, 5.74) is 0.901. The molecular formula is C30H44ClN7O6. The number of aryl methyl sites for hydroxylation is 1. The monoisotopic (exact) mass is 633 g/mol. The van der Waals surface area contributed by atoms with Crippen LogP contribution in [0.2, 0.25) is 5.02 Å². The highest BCUT2D eigenvalue weighted by Crippen LogP contribution is 2.26. The highest BCUT2D eigenvalue weighted by Gasteiger charge is 2.31. The van der Waals surface area contributed by atoms with Crippen molar-refractivity contribution >= 4 is 35.2 Å². The number of carbonyl (C=O) groups excluding carboxylic acids is 4. The number of fused-ring (bicyclic) bond motifs is 17. The van der Waals surface area contributed by atoms with Gasteiger partial charge in [0.05, 0.1) is 23.4 Å². The Labute approximate surface area is 263 Å². The fourth-order valence-electron chi connectivity index (χ4n) is 4.71. The van der Waals surface area contributed by atoms with Crippen molar-refractivity contribution in [2.45, 2.75) is 78.6 Å². The zero-order chi connectivity index (χ0) is 32.4. The molecule has 0 radical (unpaired) electrons. The summed E-state index contributed by atoms with van der Waals surface area (Å²) in [6, 6.07) is 2.24. The van der Waals surface area contributed by atoms with Crippen molar-refractivity contribution in [2.75, 3.05) is 26.2 Å². The number of hydrogen-bond acceptors (Lipinski definition) is 8. The highest BCUT2D eigenvalue weighted by molar-refractivity contribution is 6.32. The Kier molecular flexibility index (Phi) is 13.0. The van der Waals surface area contributed by atoms with Crippen molar-refractivity contribution in [1.82, 2.24) is 35.8 Å². The van der Waals surface area contributed by atoms with E-state index in [0.717, 1.165) is 5.69 Å². The number of nitrogens with zero attached hydrogens (tertiary/aromatic N) is 4. The van der Waals surface area contributed by atoms with Gasteiger partial charge in [-0.2, -0.15) is 0 Å².